The predicted octanol–water partition coefficient (Wildman–Crippen LogP) is 2.28. The lowest BCUT2D eigenvalue weighted by Crippen LogP contribution is -2.00. The molecule has 0 fully saturated rings. The highest BCUT2D eigenvalue weighted by molar-refractivity contribution is 6.18. The highest BCUT2D eigenvalue weighted by atomic mass is 16.5. The van der Waals surface area contributed by atoms with E-state index >= 15 is 0 Å². The number of para-hydroxylation sites is 1. The molecule has 3 aromatic rings. The molecule has 2 heterocycles. The van der Waals surface area contributed by atoms with Crippen LogP contribution in [-0.2, 0) is 0 Å². The average molecular weight is 227 g/mol. The molecule has 0 aliphatic rings. The number of rotatable bonds is 2. The SMILES string of the molecule is N=C(c1ccon1)c1c(O)[nH]c2ccccc12. The molecule has 3 rings (SSSR count). The number of H-pyrrole nitrogens is 1. The second-order valence-corrected chi connectivity index (χ2v) is 3.65. The minimum atomic E-state index is -0.0285. The molecule has 5 nitrogen and oxygen atoms in total. The van der Waals surface area contributed by atoms with Gasteiger partial charge < -0.3 is 14.6 Å². The molecule has 3 N–H and O–H groups in total. The Balaban J connectivity index is 2.24. The van der Waals surface area contributed by atoms with Gasteiger partial charge in [-0.3, -0.25) is 5.41 Å². The van der Waals surface area contributed by atoms with E-state index in [2.05, 4.69) is 10.1 Å². The third-order valence-corrected chi connectivity index (χ3v) is 2.63. The number of nitrogens with zero attached hydrogens (tertiary/aromatic N) is 1. The van der Waals surface area contributed by atoms with Gasteiger partial charge in [-0.1, -0.05) is 23.4 Å². The van der Waals surface area contributed by atoms with Crippen LogP contribution < -0.4 is 0 Å². The van der Waals surface area contributed by atoms with Crippen molar-refractivity contribution in [2.75, 3.05) is 0 Å². The Bertz CT molecular complexity index is 683. The number of hydrogen-bond acceptors (Lipinski definition) is 4. The molecular weight excluding hydrogens is 218 g/mol. The number of aromatic nitrogens is 2. The first-order valence-electron chi connectivity index (χ1n) is 5.06. The van der Waals surface area contributed by atoms with Gasteiger partial charge in [-0.15, -0.1) is 0 Å². The first-order chi connectivity index (χ1) is 8.27. The van der Waals surface area contributed by atoms with Crippen molar-refractivity contribution >= 4 is 16.6 Å². The fourth-order valence-electron chi connectivity index (χ4n) is 1.85. The molecular formula is C12H9N3O2. The summed E-state index contributed by atoms with van der Waals surface area (Å²) in [5, 5.41) is 22.4. The highest BCUT2D eigenvalue weighted by Gasteiger charge is 2.17. The Morgan fingerprint density at radius 1 is 1.29 bits per heavy atom. The van der Waals surface area contributed by atoms with E-state index < -0.39 is 0 Å². The molecule has 17 heavy (non-hydrogen) atoms. The van der Waals surface area contributed by atoms with E-state index in [4.69, 9.17) is 9.93 Å². The Kier molecular flexibility index (Phi) is 1.98. The van der Waals surface area contributed by atoms with Crippen LogP contribution in [0.15, 0.2) is 41.1 Å². The van der Waals surface area contributed by atoms with Crippen molar-refractivity contribution in [1.82, 2.24) is 10.1 Å². The molecule has 0 atom stereocenters. The smallest absolute Gasteiger partial charge is 0.199 e. The van der Waals surface area contributed by atoms with Crippen molar-refractivity contribution in [3.8, 4) is 5.88 Å². The van der Waals surface area contributed by atoms with Gasteiger partial charge in [-0.2, -0.15) is 0 Å². The second-order valence-electron chi connectivity index (χ2n) is 3.65. The van der Waals surface area contributed by atoms with Gasteiger partial charge in [-0.05, 0) is 6.07 Å². The molecule has 2 aromatic heterocycles. The standard InChI is InChI=1S/C12H9N3O2/c13-11(9-5-6-17-15-9)10-7-3-1-2-4-8(7)14-12(10)16/h1-6,13-14,16H. The van der Waals surface area contributed by atoms with Gasteiger partial charge in [0.25, 0.3) is 0 Å². The van der Waals surface area contributed by atoms with Crippen molar-refractivity contribution in [2.45, 2.75) is 0 Å². The van der Waals surface area contributed by atoms with Crippen LogP contribution in [0.25, 0.3) is 10.9 Å². The number of benzene rings is 1. The maximum atomic E-state index is 9.85. The van der Waals surface area contributed by atoms with Crippen molar-refractivity contribution < 1.29 is 9.63 Å². The summed E-state index contributed by atoms with van der Waals surface area (Å²) in [4.78, 5) is 2.83. The van der Waals surface area contributed by atoms with Crippen LogP contribution in [0.2, 0.25) is 0 Å². The summed E-state index contributed by atoms with van der Waals surface area (Å²) in [5.41, 5.74) is 1.75. The quantitative estimate of drug-likeness (QED) is 0.587. The monoisotopic (exact) mass is 227 g/mol. The van der Waals surface area contributed by atoms with Crippen LogP contribution >= 0.6 is 0 Å². The molecule has 0 amide bonds. The zero-order valence-corrected chi connectivity index (χ0v) is 8.77. The van der Waals surface area contributed by atoms with Crippen LogP contribution in [-0.4, -0.2) is 21.0 Å². The number of hydrogen-bond donors (Lipinski definition) is 3. The molecule has 5 heteroatoms. The van der Waals surface area contributed by atoms with Crippen LogP contribution in [0.1, 0.15) is 11.3 Å². The van der Waals surface area contributed by atoms with Crippen molar-refractivity contribution in [3.63, 3.8) is 0 Å². The topological polar surface area (TPSA) is 85.9 Å². The molecule has 1 aromatic carbocycles. The zero-order valence-electron chi connectivity index (χ0n) is 8.77. The van der Waals surface area contributed by atoms with E-state index in [0.29, 0.717) is 11.3 Å². The fourth-order valence-corrected chi connectivity index (χ4v) is 1.85. The van der Waals surface area contributed by atoms with Gasteiger partial charge in [0, 0.05) is 17.0 Å². The van der Waals surface area contributed by atoms with Crippen molar-refractivity contribution in [3.05, 3.63) is 47.9 Å². The van der Waals surface area contributed by atoms with E-state index in [9.17, 15) is 5.11 Å². The summed E-state index contributed by atoms with van der Waals surface area (Å²) in [6.07, 6.45) is 1.40. The Morgan fingerprint density at radius 2 is 2.12 bits per heavy atom. The predicted molar refractivity (Wildman–Crippen MR) is 62.4 cm³/mol. The number of nitrogens with one attached hydrogen (secondary N) is 2. The Labute approximate surface area is 96.2 Å². The minimum Gasteiger partial charge on any atom is -0.494 e. The van der Waals surface area contributed by atoms with E-state index in [1.807, 2.05) is 24.3 Å². The molecule has 84 valence electrons. The summed E-state index contributed by atoms with van der Waals surface area (Å²) in [6, 6.07) is 8.99. The normalized spacial score (nSPS) is 10.8. The molecule has 0 radical (unpaired) electrons. The summed E-state index contributed by atoms with van der Waals surface area (Å²) in [6.45, 7) is 0. The molecule has 0 unspecified atom stereocenters. The first-order valence-corrected chi connectivity index (χ1v) is 5.06. The Morgan fingerprint density at radius 3 is 2.88 bits per heavy atom. The second kappa shape index (κ2) is 3.48. The van der Waals surface area contributed by atoms with Crippen LogP contribution in [0.5, 0.6) is 5.88 Å². The molecule has 0 saturated heterocycles. The van der Waals surface area contributed by atoms with Crippen LogP contribution in [0.3, 0.4) is 0 Å². The lowest BCUT2D eigenvalue weighted by Gasteiger charge is -1.98. The van der Waals surface area contributed by atoms with E-state index in [1.165, 1.54) is 6.26 Å². The highest BCUT2D eigenvalue weighted by Crippen LogP contribution is 2.28. The molecule has 0 saturated carbocycles. The summed E-state index contributed by atoms with van der Waals surface area (Å²) >= 11 is 0. The van der Waals surface area contributed by atoms with Crippen LogP contribution in [0, 0.1) is 5.41 Å². The van der Waals surface area contributed by atoms with Gasteiger partial charge in [0.2, 0.25) is 0 Å². The number of fused-ring (bicyclic) bond motifs is 1. The van der Waals surface area contributed by atoms with Gasteiger partial charge >= 0.3 is 0 Å². The van der Waals surface area contributed by atoms with Gasteiger partial charge in [0.05, 0.1) is 11.3 Å². The lowest BCUT2D eigenvalue weighted by molar-refractivity contribution is 0.418. The molecule has 0 aliphatic carbocycles. The Hall–Kier alpha value is -2.56. The summed E-state index contributed by atoms with van der Waals surface area (Å²) in [7, 11) is 0. The van der Waals surface area contributed by atoms with Crippen LogP contribution in [0.4, 0.5) is 0 Å². The number of aromatic amines is 1. The zero-order chi connectivity index (χ0) is 11.8. The largest absolute Gasteiger partial charge is 0.494 e. The van der Waals surface area contributed by atoms with Crippen molar-refractivity contribution in [2.24, 2.45) is 0 Å². The molecule has 0 spiro atoms. The fraction of sp³-hybridized carbons (Fsp3) is 0. The molecule has 0 aliphatic heterocycles. The third-order valence-electron chi connectivity index (χ3n) is 2.63. The van der Waals surface area contributed by atoms with Gasteiger partial charge in [0.1, 0.15) is 12.0 Å². The van der Waals surface area contributed by atoms with E-state index in [1.54, 1.807) is 6.07 Å². The first kappa shape index (κ1) is 9.65. The maximum Gasteiger partial charge on any atom is 0.199 e. The van der Waals surface area contributed by atoms with E-state index in [-0.39, 0.29) is 11.6 Å². The average Bonchev–Trinajstić information content (AvgIpc) is 2.94. The maximum absolute atomic E-state index is 9.85. The van der Waals surface area contributed by atoms with Gasteiger partial charge in [-0.25, -0.2) is 0 Å². The minimum absolute atomic E-state index is 0.0285. The van der Waals surface area contributed by atoms with Gasteiger partial charge in [0.15, 0.2) is 5.88 Å². The summed E-state index contributed by atoms with van der Waals surface area (Å²) in [5.74, 6) is -0.0285. The lowest BCUT2D eigenvalue weighted by atomic mass is 10.1. The molecule has 0 bridgehead atoms. The third kappa shape index (κ3) is 1.40. The van der Waals surface area contributed by atoms with E-state index in [0.717, 1.165) is 10.9 Å². The van der Waals surface area contributed by atoms with Crippen molar-refractivity contribution in [1.29, 1.82) is 5.41 Å². The summed E-state index contributed by atoms with van der Waals surface area (Å²) < 4.78 is 4.70. The number of aromatic hydroxyl groups is 1.